The van der Waals surface area contributed by atoms with Crippen LogP contribution in [0.25, 0.3) is 15.8 Å². The van der Waals surface area contributed by atoms with Gasteiger partial charge in [-0.05, 0) is 57.0 Å². The molecule has 2 aromatic heterocycles. The molecule has 0 saturated heterocycles. The molecule has 2 heterocycles. The van der Waals surface area contributed by atoms with Gasteiger partial charge in [-0.15, -0.1) is 11.3 Å². The summed E-state index contributed by atoms with van der Waals surface area (Å²) in [4.78, 5) is 23.5. The van der Waals surface area contributed by atoms with Crippen molar-refractivity contribution >= 4 is 39.2 Å². The number of non-ortho nitro benzene ring substituents is 1. The van der Waals surface area contributed by atoms with Crippen molar-refractivity contribution in [3.05, 3.63) is 91.6 Å². The molecule has 4 aromatic rings. The zero-order valence-electron chi connectivity index (χ0n) is 18.2. The molecule has 32 heavy (non-hydrogen) atoms. The molecule has 1 N–H and O–H groups in total. The highest BCUT2D eigenvalue weighted by Gasteiger charge is 2.15. The van der Waals surface area contributed by atoms with Crippen LogP contribution in [0.1, 0.15) is 37.7 Å². The lowest BCUT2D eigenvalue weighted by Gasteiger charge is -2.15. The summed E-state index contributed by atoms with van der Waals surface area (Å²) in [6.45, 7) is 8.26. The second kappa shape index (κ2) is 8.39. The molecule has 1 amide bonds. The number of aryl methyl sites for hydroxylation is 3. The van der Waals surface area contributed by atoms with E-state index in [0.717, 1.165) is 27.3 Å². The predicted octanol–water partition coefficient (Wildman–Crippen LogP) is 5.60. The van der Waals surface area contributed by atoms with Gasteiger partial charge in [-0.25, -0.2) is 5.43 Å². The van der Waals surface area contributed by atoms with Crippen molar-refractivity contribution in [3.8, 4) is 5.69 Å². The normalized spacial score (nSPS) is 11.4. The van der Waals surface area contributed by atoms with Crippen molar-refractivity contribution < 1.29 is 9.72 Å². The first-order valence-electron chi connectivity index (χ1n) is 10.0. The summed E-state index contributed by atoms with van der Waals surface area (Å²) in [5, 5.41) is 15.8. The maximum Gasteiger partial charge on any atom is 0.281 e. The second-order valence-electron chi connectivity index (χ2n) is 7.69. The van der Waals surface area contributed by atoms with Crippen LogP contribution in [0.3, 0.4) is 0 Å². The molecule has 162 valence electrons. The van der Waals surface area contributed by atoms with E-state index in [1.165, 1.54) is 34.6 Å². The van der Waals surface area contributed by atoms with Crippen molar-refractivity contribution in [3.63, 3.8) is 0 Å². The van der Waals surface area contributed by atoms with Gasteiger partial charge in [0, 0.05) is 39.2 Å². The van der Waals surface area contributed by atoms with Gasteiger partial charge in [-0.1, -0.05) is 18.2 Å². The minimum atomic E-state index is -0.448. The van der Waals surface area contributed by atoms with Gasteiger partial charge in [0.15, 0.2) is 0 Å². The van der Waals surface area contributed by atoms with Crippen molar-refractivity contribution in [1.82, 2.24) is 9.99 Å². The summed E-state index contributed by atoms with van der Waals surface area (Å²) < 4.78 is 3.01. The van der Waals surface area contributed by atoms with Gasteiger partial charge < -0.3 is 4.57 Å². The molecular weight excluding hydrogens is 424 g/mol. The van der Waals surface area contributed by atoms with E-state index in [9.17, 15) is 14.9 Å². The average Bonchev–Trinajstić information content (AvgIpc) is 3.29. The third-order valence-corrected chi connectivity index (χ3v) is 6.55. The Bertz CT molecular complexity index is 1380. The van der Waals surface area contributed by atoms with E-state index in [-0.39, 0.29) is 11.6 Å². The van der Waals surface area contributed by atoms with Gasteiger partial charge in [0.25, 0.3) is 11.6 Å². The molecule has 0 unspecified atom stereocenters. The number of amides is 1. The maximum atomic E-state index is 12.5. The number of para-hydroxylation sites is 1. The van der Waals surface area contributed by atoms with Crippen LogP contribution >= 0.6 is 11.3 Å². The van der Waals surface area contributed by atoms with Crippen LogP contribution in [0, 0.1) is 37.8 Å². The minimum absolute atomic E-state index is 0.000439. The Balaban J connectivity index is 1.55. The highest BCUT2D eigenvalue weighted by atomic mass is 32.1. The fraction of sp³-hybridized carbons (Fsp3) is 0.167. The molecule has 0 saturated carbocycles. The number of carbonyl (C=O) groups is 1. The van der Waals surface area contributed by atoms with E-state index in [1.807, 2.05) is 26.0 Å². The third-order valence-electron chi connectivity index (χ3n) is 5.44. The van der Waals surface area contributed by atoms with Gasteiger partial charge >= 0.3 is 0 Å². The number of nitrogens with zero attached hydrogens (tertiary/aromatic N) is 3. The summed E-state index contributed by atoms with van der Waals surface area (Å²) in [7, 11) is 0. The van der Waals surface area contributed by atoms with Crippen LogP contribution in [-0.4, -0.2) is 21.6 Å². The average molecular weight is 447 g/mol. The molecule has 0 atom stereocenters. The number of nitro groups is 1. The molecule has 0 aliphatic carbocycles. The molecule has 7 nitrogen and oxygen atoms in total. The summed E-state index contributed by atoms with van der Waals surface area (Å²) in [5.74, 6) is -0.353. The number of thiophene rings is 1. The zero-order valence-corrected chi connectivity index (χ0v) is 19.0. The molecule has 4 rings (SSSR count). The molecule has 0 bridgehead atoms. The van der Waals surface area contributed by atoms with Gasteiger partial charge in [0.2, 0.25) is 0 Å². The first kappa shape index (κ1) is 21.5. The Hall–Kier alpha value is -3.78. The van der Waals surface area contributed by atoms with Crippen LogP contribution in [0.5, 0.6) is 0 Å². The molecule has 2 aromatic carbocycles. The number of nitro benzene ring substituents is 1. The van der Waals surface area contributed by atoms with Crippen LogP contribution < -0.4 is 5.43 Å². The van der Waals surface area contributed by atoms with Crippen molar-refractivity contribution in [2.24, 2.45) is 5.10 Å². The van der Waals surface area contributed by atoms with Gasteiger partial charge in [-0.3, -0.25) is 14.9 Å². The summed E-state index contributed by atoms with van der Waals surface area (Å²) in [6.07, 6.45) is 1.64. The highest BCUT2D eigenvalue weighted by Crippen LogP contribution is 2.29. The highest BCUT2D eigenvalue weighted by molar-refractivity contribution is 7.20. The predicted molar refractivity (Wildman–Crippen MR) is 128 cm³/mol. The zero-order chi connectivity index (χ0) is 23.0. The maximum absolute atomic E-state index is 12.5. The lowest BCUT2D eigenvalue weighted by molar-refractivity contribution is -0.384. The molecule has 0 fully saturated rings. The fourth-order valence-corrected chi connectivity index (χ4v) is 4.83. The number of hydrogen-bond donors (Lipinski definition) is 1. The SMILES string of the molecule is Cc1cccc(C)c1-n1c(C)cc(/C=N\NC(=O)c2cc3cc([N+](=O)[O-])ccc3s2)c1C. The number of carbonyl (C=O) groups excluding carboxylic acids is 1. The monoisotopic (exact) mass is 446 g/mol. The Kier molecular flexibility index (Phi) is 5.63. The van der Waals surface area contributed by atoms with E-state index >= 15 is 0 Å². The number of benzene rings is 2. The van der Waals surface area contributed by atoms with Crippen LogP contribution in [0.2, 0.25) is 0 Å². The lowest BCUT2D eigenvalue weighted by atomic mass is 10.1. The summed E-state index contributed by atoms with van der Waals surface area (Å²) in [5.41, 5.74) is 9.13. The van der Waals surface area contributed by atoms with Crippen molar-refractivity contribution in [2.75, 3.05) is 0 Å². The summed E-state index contributed by atoms with van der Waals surface area (Å²) >= 11 is 1.27. The Morgan fingerprint density at radius 1 is 1.09 bits per heavy atom. The van der Waals surface area contributed by atoms with Crippen molar-refractivity contribution in [2.45, 2.75) is 27.7 Å². The smallest absolute Gasteiger partial charge is 0.281 e. The number of aromatic nitrogens is 1. The quantitative estimate of drug-likeness (QED) is 0.246. The molecular formula is C24H22N4O3S. The number of hydrazone groups is 1. The number of fused-ring (bicyclic) bond motifs is 1. The number of hydrogen-bond acceptors (Lipinski definition) is 5. The van der Waals surface area contributed by atoms with E-state index in [0.29, 0.717) is 10.3 Å². The molecule has 8 heteroatoms. The largest absolute Gasteiger partial charge is 0.317 e. The molecule has 0 radical (unpaired) electrons. The van der Waals surface area contributed by atoms with Gasteiger partial charge in [0.1, 0.15) is 0 Å². The molecule has 0 aliphatic rings. The lowest BCUT2D eigenvalue weighted by Crippen LogP contribution is -2.16. The van der Waals surface area contributed by atoms with Crippen molar-refractivity contribution in [1.29, 1.82) is 0 Å². The van der Waals surface area contributed by atoms with E-state index < -0.39 is 4.92 Å². The first-order valence-corrected chi connectivity index (χ1v) is 10.8. The Morgan fingerprint density at radius 3 is 2.50 bits per heavy atom. The van der Waals surface area contributed by atoms with Gasteiger partial charge in [0.05, 0.1) is 21.7 Å². The topological polar surface area (TPSA) is 89.5 Å². The Morgan fingerprint density at radius 2 is 1.81 bits per heavy atom. The van der Waals surface area contributed by atoms with Crippen LogP contribution in [-0.2, 0) is 0 Å². The second-order valence-corrected chi connectivity index (χ2v) is 8.78. The Labute approximate surface area is 189 Å². The van der Waals surface area contributed by atoms with E-state index in [2.05, 4.69) is 41.1 Å². The minimum Gasteiger partial charge on any atom is -0.317 e. The standard InChI is InChI=1S/C24H22N4O3S/c1-14-6-5-7-15(2)23(14)27-16(3)10-19(17(27)4)13-25-26-24(29)22-12-18-11-20(28(30)31)8-9-21(18)32-22/h5-13H,1-4H3,(H,26,29)/b25-13-. The van der Waals surface area contributed by atoms with Crippen LogP contribution in [0.15, 0.2) is 53.6 Å². The third kappa shape index (κ3) is 3.92. The first-order chi connectivity index (χ1) is 15.3. The van der Waals surface area contributed by atoms with Gasteiger partial charge in [-0.2, -0.15) is 5.10 Å². The number of nitrogens with one attached hydrogen (secondary N) is 1. The van der Waals surface area contributed by atoms with Crippen LogP contribution in [0.4, 0.5) is 5.69 Å². The van der Waals surface area contributed by atoms with E-state index in [4.69, 9.17) is 0 Å². The van der Waals surface area contributed by atoms with E-state index in [1.54, 1.807) is 18.3 Å². The fourth-order valence-electron chi connectivity index (χ4n) is 3.89. The summed E-state index contributed by atoms with van der Waals surface area (Å²) in [6, 6.07) is 14.5. The number of rotatable bonds is 5. The molecule has 0 spiro atoms. The molecule has 0 aliphatic heterocycles.